The molecule has 0 spiro atoms. The molecule has 9 nitrogen and oxygen atoms in total. The second-order valence-electron chi connectivity index (χ2n) is 13.6. The van der Waals surface area contributed by atoms with Crippen LogP contribution in [-0.4, -0.2) is 49.3 Å². The lowest BCUT2D eigenvalue weighted by molar-refractivity contribution is -0.161. The molecule has 3 N–H and O–H groups in total. The molecule has 0 saturated carbocycles. The molecule has 0 aliphatic rings. The lowest BCUT2D eigenvalue weighted by Gasteiger charge is -2.19. The van der Waals surface area contributed by atoms with Gasteiger partial charge in [-0.15, -0.1) is 6.58 Å². The molecule has 50 heavy (non-hydrogen) atoms. The molecular weight excluding hydrogens is 653 g/mol. The van der Waals surface area contributed by atoms with Crippen molar-refractivity contribution in [3.8, 4) is 0 Å². The monoisotopic (exact) mass is 730 g/mol. The number of allylic oxidation sites excluding steroid dienone is 3. The number of hydrogen-bond donors (Lipinski definition) is 2. The number of phosphoric ester groups is 1. The first-order valence-corrected chi connectivity index (χ1v) is 21.8. The molecule has 0 aliphatic heterocycles. The molecule has 1 unspecified atom stereocenters. The third-order valence-electron chi connectivity index (χ3n) is 8.71. The van der Waals surface area contributed by atoms with E-state index in [4.69, 9.17) is 24.3 Å². The molecule has 0 rings (SSSR count). The molecule has 0 fully saturated rings. The Morgan fingerprint density at radius 1 is 0.640 bits per heavy atom. The highest BCUT2D eigenvalue weighted by Gasteiger charge is 2.26. The molecule has 294 valence electrons. The van der Waals surface area contributed by atoms with Crippen molar-refractivity contribution >= 4 is 19.8 Å². The van der Waals surface area contributed by atoms with Gasteiger partial charge in [0.2, 0.25) is 0 Å². The van der Waals surface area contributed by atoms with Crippen molar-refractivity contribution in [1.29, 1.82) is 0 Å². The second-order valence-corrected chi connectivity index (χ2v) is 15.0. The number of unbranched alkanes of at least 4 members (excludes halogenated alkanes) is 23. The number of carbonyl (C=O) groups excluding carboxylic acids is 2. The lowest BCUT2D eigenvalue weighted by atomic mass is 10.0. The summed E-state index contributed by atoms with van der Waals surface area (Å²) in [6.45, 7) is 5.23. The number of rotatable bonds is 39. The Kier molecular flexibility index (Phi) is 36.1. The Morgan fingerprint density at radius 2 is 1.08 bits per heavy atom. The molecule has 2 atom stereocenters. The van der Waals surface area contributed by atoms with Crippen LogP contribution in [0.1, 0.15) is 187 Å². The first kappa shape index (κ1) is 48.5. The van der Waals surface area contributed by atoms with E-state index in [9.17, 15) is 19.0 Å². The van der Waals surface area contributed by atoms with E-state index in [2.05, 4.69) is 25.7 Å². The van der Waals surface area contributed by atoms with Crippen LogP contribution >= 0.6 is 7.82 Å². The van der Waals surface area contributed by atoms with Gasteiger partial charge in [-0.3, -0.25) is 18.6 Å². The first-order chi connectivity index (χ1) is 24.3. The minimum Gasteiger partial charge on any atom is -0.462 e. The predicted octanol–water partition coefficient (Wildman–Crippen LogP) is 11.2. The second kappa shape index (κ2) is 37.3. The van der Waals surface area contributed by atoms with Crippen LogP contribution in [0.3, 0.4) is 0 Å². The summed E-state index contributed by atoms with van der Waals surface area (Å²) in [5, 5.41) is 0. The summed E-state index contributed by atoms with van der Waals surface area (Å²) in [7, 11) is -4.37. The fraction of sp³-hybridized carbons (Fsp3) is 0.850. The number of esters is 2. The normalized spacial score (nSPS) is 13.3. The van der Waals surface area contributed by atoms with Gasteiger partial charge in [0.15, 0.2) is 6.10 Å². The highest BCUT2D eigenvalue weighted by Crippen LogP contribution is 2.43. The quantitative estimate of drug-likeness (QED) is 0.0274. The maximum atomic E-state index is 12.5. The summed E-state index contributed by atoms with van der Waals surface area (Å²) in [4.78, 5) is 34.8. The van der Waals surface area contributed by atoms with Crippen LogP contribution in [0.15, 0.2) is 24.8 Å². The molecule has 0 radical (unpaired) electrons. The van der Waals surface area contributed by atoms with E-state index >= 15 is 0 Å². The third-order valence-corrected chi connectivity index (χ3v) is 9.69. The van der Waals surface area contributed by atoms with Gasteiger partial charge < -0.3 is 20.1 Å². The van der Waals surface area contributed by atoms with Gasteiger partial charge in [0.25, 0.3) is 0 Å². The molecule has 0 aromatic carbocycles. The fourth-order valence-corrected chi connectivity index (χ4v) is 6.43. The number of carbonyl (C=O) groups is 2. The van der Waals surface area contributed by atoms with Crippen LogP contribution in [0.4, 0.5) is 0 Å². The van der Waals surface area contributed by atoms with Crippen LogP contribution in [0.2, 0.25) is 0 Å². The Bertz CT molecular complexity index is 868. The number of hydrogen-bond acceptors (Lipinski definition) is 8. The van der Waals surface area contributed by atoms with Gasteiger partial charge in [0.1, 0.15) is 6.61 Å². The minimum absolute atomic E-state index is 0.0526. The Labute approximate surface area is 306 Å². The zero-order valence-corrected chi connectivity index (χ0v) is 32.9. The van der Waals surface area contributed by atoms with Crippen molar-refractivity contribution in [2.75, 3.05) is 26.4 Å². The maximum absolute atomic E-state index is 12.5. The standard InChI is InChI=1S/C40H76NO8P/c1-3-5-7-9-11-13-15-17-19-21-22-24-26-28-30-32-39(42)46-36-38(37-48-50(44,45)47-35-34-41)49-40(43)33-31-29-27-25-23-20-18-16-14-12-10-8-6-4-2/h3,16,18,38H,1,4-15,17,19-37,41H2,2H3,(H,44,45)/b18-16+/t38-/m1/s1. The Hall–Kier alpha value is -1.51. The summed E-state index contributed by atoms with van der Waals surface area (Å²) in [5.74, 6) is -0.838. The highest BCUT2D eigenvalue weighted by molar-refractivity contribution is 7.47. The van der Waals surface area contributed by atoms with Crippen LogP contribution in [0.5, 0.6) is 0 Å². The van der Waals surface area contributed by atoms with Crippen molar-refractivity contribution in [2.45, 2.75) is 193 Å². The molecule has 0 bridgehead atoms. The lowest BCUT2D eigenvalue weighted by Crippen LogP contribution is -2.29. The molecule has 10 heteroatoms. The van der Waals surface area contributed by atoms with Crippen LogP contribution in [0.25, 0.3) is 0 Å². The third kappa shape index (κ3) is 36.3. The molecular formula is C40H76NO8P. The number of phosphoric acid groups is 1. The summed E-state index contributed by atoms with van der Waals surface area (Å²) in [6.07, 6.45) is 36.7. The smallest absolute Gasteiger partial charge is 0.462 e. The van der Waals surface area contributed by atoms with E-state index in [1.54, 1.807) is 0 Å². The predicted molar refractivity (Wildman–Crippen MR) is 206 cm³/mol. The van der Waals surface area contributed by atoms with Crippen molar-refractivity contribution in [3.05, 3.63) is 24.8 Å². The zero-order chi connectivity index (χ0) is 36.8. The molecule has 0 aromatic rings. The van der Waals surface area contributed by atoms with E-state index in [1.807, 2.05) is 6.08 Å². The van der Waals surface area contributed by atoms with E-state index in [0.717, 1.165) is 57.8 Å². The van der Waals surface area contributed by atoms with Crippen LogP contribution in [0, 0.1) is 0 Å². The first-order valence-electron chi connectivity index (χ1n) is 20.3. The summed E-state index contributed by atoms with van der Waals surface area (Å²) >= 11 is 0. The van der Waals surface area contributed by atoms with E-state index in [0.29, 0.717) is 6.42 Å². The van der Waals surface area contributed by atoms with Crippen LogP contribution in [-0.2, 0) is 32.7 Å². The maximum Gasteiger partial charge on any atom is 0.472 e. The molecule has 0 aromatic heterocycles. The Morgan fingerprint density at radius 3 is 1.56 bits per heavy atom. The molecule has 0 saturated heterocycles. The topological polar surface area (TPSA) is 134 Å². The molecule has 0 amide bonds. The Balaban J connectivity index is 4.17. The summed E-state index contributed by atoms with van der Waals surface area (Å²) < 4.78 is 32.7. The largest absolute Gasteiger partial charge is 0.472 e. The fourth-order valence-electron chi connectivity index (χ4n) is 5.67. The highest BCUT2D eigenvalue weighted by atomic mass is 31.2. The van der Waals surface area contributed by atoms with Gasteiger partial charge in [-0.25, -0.2) is 4.57 Å². The van der Waals surface area contributed by atoms with E-state index in [-0.39, 0.29) is 38.6 Å². The molecule has 0 heterocycles. The average molecular weight is 730 g/mol. The van der Waals surface area contributed by atoms with E-state index < -0.39 is 26.5 Å². The molecule has 0 aliphatic carbocycles. The van der Waals surface area contributed by atoms with Gasteiger partial charge in [-0.2, -0.15) is 0 Å². The van der Waals surface area contributed by atoms with Crippen molar-refractivity contribution in [2.24, 2.45) is 5.73 Å². The van der Waals surface area contributed by atoms with E-state index in [1.165, 1.54) is 103 Å². The van der Waals surface area contributed by atoms with Gasteiger partial charge >= 0.3 is 19.8 Å². The van der Waals surface area contributed by atoms with Crippen molar-refractivity contribution < 1.29 is 37.6 Å². The van der Waals surface area contributed by atoms with Gasteiger partial charge in [0.05, 0.1) is 13.2 Å². The zero-order valence-electron chi connectivity index (χ0n) is 32.0. The summed E-state index contributed by atoms with van der Waals surface area (Å²) in [5.41, 5.74) is 5.34. The number of nitrogens with two attached hydrogens (primary N) is 1. The average Bonchev–Trinajstić information content (AvgIpc) is 3.10. The van der Waals surface area contributed by atoms with Gasteiger partial charge in [-0.1, -0.05) is 141 Å². The van der Waals surface area contributed by atoms with Crippen molar-refractivity contribution in [3.63, 3.8) is 0 Å². The SMILES string of the molecule is C=CCCCCCCCCCCCCCCCC(=O)OC[C@H](COP(=O)(O)OCCN)OC(=O)CCCCCCC/C=C/CCCCCCC. The van der Waals surface area contributed by atoms with Crippen molar-refractivity contribution in [1.82, 2.24) is 0 Å². The van der Waals surface area contributed by atoms with Crippen LogP contribution < -0.4 is 5.73 Å². The summed E-state index contributed by atoms with van der Waals surface area (Å²) in [6, 6.07) is 0. The van der Waals surface area contributed by atoms with Gasteiger partial charge in [-0.05, 0) is 51.4 Å². The van der Waals surface area contributed by atoms with Gasteiger partial charge in [0, 0.05) is 19.4 Å². The minimum atomic E-state index is -4.37. The number of ether oxygens (including phenoxy) is 2.